The van der Waals surface area contributed by atoms with Crippen LogP contribution in [0.4, 0.5) is 4.79 Å². The summed E-state index contributed by atoms with van der Waals surface area (Å²) < 4.78 is 10.4. The number of ether oxygens (including phenoxy) is 2. The van der Waals surface area contributed by atoms with Gasteiger partial charge < -0.3 is 20.1 Å². The van der Waals surface area contributed by atoms with Crippen LogP contribution >= 0.6 is 0 Å². The van der Waals surface area contributed by atoms with Gasteiger partial charge in [0.2, 0.25) is 0 Å². The summed E-state index contributed by atoms with van der Waals surface area (Å²) in [6.45, 7) is 8.83. The van der Waals surface area contributed by atoms with Gasteiger partial charge in [-0.15, -0.1) is 0 Å². The van der Waals surface area contributed by atoms with Crippen LogP contribution in [0.1, 0.15) is 47.0 Å². The first-order valence-electron chi connectivity index (χ1n) is 7.58. The van der Waals surface area contributed by atoms with Crippen molar-refractivity contribution >= 4 is 12.1 Å². The van der Waals surface area contributed by atoms with E-state index in [1.165, 1.54) is 0 Å². The zero-order valence-corrected chi connectivity index (χ0v) is 13.4. The Hall–Kier alpha value is -1.30. The summed E-state index contributed by atoms with van der Waals surface area (Å²) in [6.07, 6.45) is 1.81. The van der Waals surface area contributed by atoms with Crippen molar-refractivity contribution in [1.29, 1.82) is 0 Å². The Balaban J connectivity index is 1.90. The van der Waals surface area contributed by atoms with Crippen LogP contribution in [0, 0.1) is 5.41 Å². The first-order chi connectivity index (χ1) is 9.63. The summed E-state index contributed by atoms with van der Waals surface area (Å²) in [5.41, 5.74) is 4.65. The fourth-order valence-corrected chi connectivity index (χ4v) is 3.10. The van der Waals surface area contributed by atoms with Crippen molar-refractivity contribution in [3.63, 3.8) is 0 Å². The molecule has 6 nitrogen and oxygen atoms in total. The Bertz CT molecular complexity index is 435. The molecule has 1 saturated carbocycles. The second-order valence-electron chi connectivity index (χ2n) is 7.12. The molecule has 0 bridgehead atoms. The van der Waals surface area contributed by atoms with E-state index in [4.69, 9.17) is 15.2 Å². The van der Waals surface area contributed by atoms with Gasteiger partial charge in [0.25, 0.3) is 0 Å². The quantitative estimate of drug-likeness (QED) is 0.784. The SMILES string of the molecule is CCOC(=O)C1(N)CC12CCN(C(=O)OC(C)(C)C)CC2. The molecule has 1 atom stereocenters. The van der Waals surface area contributed by atoms with Gasteiger partial charge in [-0.25, -0.2) is 4.79 Å². The van der Waals surface area contributed by atoms with Crippen molar-refractivity contribution in [1.82, 2.24) is 4.90 Å². The number of amides is 1. The van der Waals surface area contributed by atoms with Crippen molar-refractivity contribution in [2.75, 3.05) is 19.7 Å². The van der Waals surface area contributed by atoms with Crippen molar-refractivity contribution < 1.29 is 19.1 Å². The molecule has 120 valence electrons. The van der Waals surface area contributed by atoms with Crippen molar-refractivity contribution in [2.24, 2.45) is 11.1 Å². The molecule has 1 aliphatic heterocycles. The van der Waals surface area contributed by atoms with E-state index in [1.54, 1.807) is 11.8 Å². The lowest BCUT2D eigenvalue weighted by Gasteiger charge is -2.35. The van der Waals surface area contributed by atoms with E-state index in [-0.39, 0.29) is 17.5 Å². The van der Waals surface area contributed by atoms with Crippen LogP contribution in [-0.2, 0) is 14.3 Å². The first-order valence-corrected chi connectivity index (χ1v) is 7.58. The molecule has 1 saturated heterocycles. The van der Waals surface area contributed by atoms with Crippen LogP contribution in [0.15, 0.2) is 0 Å². The van der Waals surface area contributed by atoms with Crippen LogP contribution in [0.25, 0.3) is 0 Å². The van der Waals surface area contributed by atoms with Gasteiger partial charge in [0, 0.05) is 18.5 Å². The molecular formula is C15H26N2O4. The minimum atomic E-state index is -0.858. The maximum atomic E-state index is 12.0. The van der Waals surface area contributed by atoms with Crippen LogP contribution in [-0.4, -0.2) is 47.8 Å². The molecule has 2 fully saturated rings. The number of hydrogen-bond acceptors (Lipinski definition) is 5. The fourth-order valence-electron chi connectivity index (χ4n) is 3.10. The van der Waals surface area contributed by atoms with E-state index < -0.39 is 11.1 Å². The number of nitrogens with zero attached hydrogens (tertiary/aromatic N) is 1. The summed E-state index contributed by atoms with van der Waals surface area (Å²) in [4.78, 5) is 25.7. The molecule has 0 radical (unpaired) electrons. The highest BCUT2D eigenvalue weighted by Crippen LogP contribution is 2.61. The highest BCUT2D eigenvalue weighted by Gasteiger charge is 2.70. The third-order valence-electron chi connectivity index (χ3n) is 4.45. The third kappa shape index (κ3) is 3.00. The Morgan fingerprint density at radius 3 is 2.29 bits per heavy atom. The van der Waals surface area contributed by atoms with E-state index >= 15 is 0 Å². The number of hydrogen-bond donors (Lipinski definition) is 1. The molecular weight excluding hydrogens is 272 g/mol. The molecule has 1 unspecified atom stereocenters. The largest absolute Gasteiger partial charge is 0.465 e. The predicted molar refractivity (Wildman–Crippen MR) is 77.6 cm³/mol. The molecule has 1 amide bonds. The molecule has 1 heterocycles. The monoisotopic (exact) mass is 298 g/mol. The van der Waals surface area contributed by atoms with Gasteiger partial charge in [-0.2, -0.15) is 0 Å². The maximum absolute atomic E-state index is 12.0. The second kappa shape index (κ2) is 5.16. The zero-order valence-electron chi connectivity index (χ0n) is 13.4. The van der Waals surface area contributed by atoms with Gasteiger partial charge in [-0.1, -0.05) is 0 Å². The van der Waals surface area contributed by atoms with E-state index in [2.05, 4.69) is 0 Å². The average Bonchev–Trinajstić information content (AvgIpc) is 2.94. The van der Waals surface area contributed by atoms with Gasteiger partial charge in [-0.05, 0) is 47.0 Å². The summed E-state index contributed by atoms with van der Waals surface area (Å²) in [6, 6.07) is 0. The molecule has 2 N–H and O–H groups in total. The van der Waals surface area contributed by atoms with Gasteiger partial charge in [-0.3, -0.25) is 4.79 Å². The molecule has 0 aromatic carbocycles. The number of esters is 1. The van der Waals surface area contributed by atoms with Gasteiger partial charge >= 0.3 is 12.1 Å². The van der Waals surface area contributed by atoms with Crippen LogP contribution in [0.2, 0.25) is 0 Å². The highest BCUT2D eigenvalue weighted by molar-refractivity contribution is 5.86. The van der Waals surface area contributed by atoms with E-state index in [9.17, 15) is 9.59 Å². The van der Waals surface area contributed by atoms with Crippen LogP contribution < -0.4 is 5.73 Å². The third-order valence-corrected chi connectivity index (χ3v) is 4.45. The summed E-state index contributed by atoms with van der Waals surface area (Å²) >= 11 is 0. The Morgan fingerprint density at radius 1 is 1.24 bits per heavy atom. The lowest BCUT2D eigenvalue weighted by Crippen LogP contribution is -2.48. The number of carbonyl (C=O) groups excluding carboxylic acids is 2. The lowest BCUT2D eigenvalue weighted by atomic mass is 9.88. The van der Waals surface area contributed by atoms with E-state index in [1.807, 2.05) is 20.8 Å². The molecule has 1 aliphatic carbocycles. The standard InChI is InChI=1S/C15H26N2O4/c1-5-20-11(18)15(16)10-14(15)6-8-17(9-7-14)12(19)21-13(2,3)4/h5-10,16H2,1-4H3. The van der Waals surface area contributed by atoms with Crippen molar-refractivity contribution in [2.45, 2.75) is 58.1 Å². The van der Waals surface area contributed by atoms with Crippen LogP contribution in [0.3, 0.4) is 0 Å². The Morgan fingerprint density at radius 2 is 1.81 bits per heavy atom. The minimum absolute atomic E-state index is 0.197. The van der Waals surface area contributed by atoms with E-state index in [0.717, 1.165) is 12.8 Å². The molecule has 6 heteroatoms. The molecule has 1 spiro atoms. The van der Waals surface area contributed by atoms with Crippen LogP contribution in [0.5, 0.6) is 0 Å². The normalized spacial score (nSPS) is 27.4. The summed E-state index contributed by atoms with van der Waals surface area (Å²) in [5.74, 6) is -0.310. The Kier molecular flexibility index (Phi) is 3.95. The smallest absolute Gasteiger partial charge is 0.410 e. The average molecular weight is 298 g/mol. The topological polar surface area (TPSA) is 81.9 Å². The number of likely N-dealkylation sites (tertiary alicyclic amines) is 1. The second-order valence-corrected chi connectivity index (χ2v) is 7.12. The minimum Gasteiger partial charge on any atom is -0.465 e. The van der Waals surface area contributed by atoms with Crippen molar-refractivity contribution in [3.05, 3.63) is 0 Å². The number of nitrogens with two attached hydrogens (primary N) is 1. The first kappa shape index (κ1) is 16.1. The number of carbonyl (C=O) groups is 2. The summed E-state index contributed by atoms with van der Waals surface area (Å²) in [5, 5.41) is 0. The molecule has 0 aromatic rings. The Labute approximate surface area is 125 Å². The number of rotatable bonds is 2. The molecule has 21 heavy (non-hydrogen) atoms. The van der Waals surface area contributed by atoms with Gasteiger partial charge in [0.15, 0.2) is 0 Å². The predicted octanol–water partition coefficient (Wildman–Crippen LogP) is 1.67. The van der Waals surface area contributed by atoms with E-state index in [0.29, 0.717) is 26.1 Å². The molecule has 2 rings (SSSR count). The molecule has 0 aromatic heterocycles. The molecule has 2 aliphatic rings. The maximum Gasteiger partial charge on any atom is 0.410 e. The lowest BCUT2D eigenvalue weighted by molar-refractivity contribution is -0.147. The van der Waals surface area contributed by atoms with Gasteiger partial charge in [0.1, 0.15) is 11.1 Å². The van der Waals surface area contributed by atoms with Crippen molar-refractivity contribution in [3.8, 4) is 0 Å². The summed E-state index contributed by atoms with van der Waals surface area (Å²) in [7, 11) is 0. The number of piperidine rings is 1. The highest BCUT2D eigenvalue weighted by atomic mass is 16.6. The fraction of sp³-hybridized carbons (Fsp3) is 0.867. The zero-order chi connectivity index (χ0) is 15.9. The van der Waals surface area contributed by atoms with Gasteiger partial charge in [0.05, 0.1) is 6.61 Å².